The minimum Gasteiger partial charge on any atom is -0.349 e. The van der Waals surface area contributed by atoms with Crippen molar-refractivity contribution in [1.29, 1.82) is 0 Å². The van der Waals surface area contributed by atoms with Gasteiger partial charge >= 0.3 is 12.2 Å². The lowest BCUT2D eigenvalue weighted by atomic mass is 10.0. The molecule has 0 atom stereocenters. The summed E-state index contributed by atoms with van der Waals surface area (Å²) >= 11 is 0. The van der Waals surface area contributed by atoms with Gasteiger partial charge in [-0.25, -0.2) is 4.79 Å². The zero-order valence-corrected chi connectivity index (χ0v) is 17.5. The summed E-state index contributed by atoms with van der Waals surface area (Å²) in [5.41, 5.74) is 1.17. The monoisotopic (exact) mass is 446 g/mol. The zero-order valence-electron chi connectivity index (χ0n) is 17.5. The number of rotatable bonds is 5. The summed E-state index contributed by atoms with van der Waals surface area (Å²) < 4.78 is 38.7. The summed E-state index contributed by atoms with van der Waals surface area (Å²) in [6.07, 6.45) is -2.90. The van der Waals surface area contributed by atoms with E-state index in [0.29, 0.717) is 49.5 Å². The summed E-state index contributed by atoms with van der Waals surface area (Å²) in [6.45, 7) is 2.97. The lowest BCUT2D eigenvalue weighted by molar-refractivity contribution is -0.137. The molecule has 2 aliphatic heterocycles. The molecule has 0 aliphatic carbocycles. The maximum atomic E-state index is 12.9. The third-order valence-corrected chi connectivity index (χ3v) is 5.86. The van der Waals surface area contributed by atoms with E-state index in [1.54, 1.807) is 35.2 Å². The first-order chi connectivity index (χ1) is 15.3. The number of benzene rings is 2. The van der Waals surface area contributed by atoms with E-state index in [4.69, 9.17) is 0 Å². The molecular formula is C23H25F3N4O2. The molecule has 6 nitrogen and oxygen atoms in total. The molecule has 2 fully saturated rings. The number of likely N-dealkylation sites (tertiary alicyclic amines) is 1. The summed E-state index contributed by atoms with van der Waals surface area (Å²) in [6, 6.07) is 12.2. The van der Waals surface area contributed by atoms with E-state index in [-0.39, 0.29) is 18.0 Å². The second-order valence-corrected chi connectivity index (χ2v) is 8.16. The number of nitrogens with one attached hydrogen (secondary N) is 2. The fourth-order valence-electron chi connectivity index (χ4n) is 4.14. The van der Waals surface area contributed by atoms with Gasteiger partial charge in [0.25, 0.3) is 5.91 Å². The first-order valence-corrected chi connectivity index (χ1v) is 10.6. The first kappa shape index (κ1) is 22.1. The molecule has 4 rings (SSSR count). The van der Waals surface area contributed by atoms with Crippen molar-refractivity contribution in [2.45, 2.75) is 31.6 Å². The van der Waals surface area contributed by atoms with Crippen LogP contribution in [0.4, 0.5) is 23.7 Å². The van der Waals surface area contributed by atoms with Crippen LogP contribution in [0, 0.1) is 0 Å². The summed E-state index contributed by atoms with van der Waals surface area (Å²) in [4.78, 5) is 28.3. The zero-order chi connectivity index (χ0) is 22.7. The van der Waals surface area contributed by atoms with Gasteiger partial charge in [0.05, 0.1) is 5.56 Å². The summed E-state index contributed by atoms with van der Waals surface area (Å²) in [5.74, 6) is -0.192. The van der Waals surface area contributed by atoms with Crippen LogP contribution >= 0.6 is 0 Å². The van der Waals surface area contributed by atoms with Crippen LogP contribution in [0.15, 0.2) is 48.5 Å². The maximum absolute atomic E-state index is 12.9. The van der Waals surface area contributed by atoms with Crippen LogP contribution in [0.5, 0.6) is 0 Å². The van der Waals surface area contributed by atoms with E-state index in [1.807, 2.05) is 0 Å². The highest BCUT2D eigenvalue weighted by Crippen LogP contribution is 2.30. The number of piperidine rings is 1. The van der Waals surface area contributed by atoms with Crippen LogP contribution < -0.4 is 15.5 Å². The Balaban J connectivity index is 1.30. The number of anilines is 1. The number of halogens is 3. The molecule has 0 unspecified atom stereocenters. The molecule has 2 saturated heterocycles. The van der Waals surface area contributed by atoms with Crippen LogP contribution in [-0.2, 0) is 12.7 Å². The van der Waals surface area contributed by atoms with Gasteiger partial charge in [-0.2, -0.15) is 13.2 Å². The third kappa shape index (κ3) is 5.21. The lowest BCUT2D eigenvalue weighted by Crippen LogP contribution is -2.44. The largest absolute Gasteiger partial charge is 0.416 e. The molecule has 3 amide bonds. The second-order valence-electron chi connectivity index (χ2n) is 8.16. The van der Waals surface area contributed by atoms with E-state index < -0.39 is 11.7 Å². The molecular weight excluding hydrogens is 421 g/mol. The van der Waals surface area contributed by atoms with Gasteiger partial charge in [0.15, 0.2) is 0 Å². The smallest absolute Gasteiger partial charge is 0.349 e. The van der Waals surface area contributed by atoms with Gasteiger partial charge in [-0.15, -0.1) is 0 Å². The minimum atomic E-state index is -4.34. The molecule has 170 valence electrons. The Morgan fingerprint density at radius 3 is 2.50 bits per heavy atom. The standard InChI is InChI=1S/C23H25F3N4O2/c24-23(25,26)18-5-1-3-16(13-18)15-29-10-7-19(8-11-29)28-21(31)17-4-2-6-20(14-17)30-12-9-27-22(30)32/h1-6,13-14,19H,7-12,15H2,(H,27,32)(H,28,31). The fraction of sp³-hybridized carbons (Fsp3) is 0.391. The Labute approximate surface area is 184 Å². The predicted octanol–water partition coefficient (Wildman–Crippen LogP) is 3.63. The van der Waals surface area contributed by atoms with E-state index in [9.17, 15) is 22.8 Å². The number of urea groups is 1. The first-order valence-electron chi connectivity index (χ1n) is 10.6. The number of amides is 3. The number of carbonyl (C=O) groups is 2. The normalized spacial score (nSPS) is 18.0. The molecule has 2 heterocycles. The van der Waals surface area contributed by atoms with Crippen LogP contribution in [0.1, 0.15) is 34.3 Å². The van der Waals surface area contributed by atoms with Gasteiger partial charge in [0.2, 0.25) is 0 Å². The molecule has 0 aromatic heterocycles. The molecule has 2 aliphatic rings. The summed E-state index contributed by atoms with van der Waals surface area (Å²) in [7, 11) is 0. The predicted molar refractivity (Wildman–Crippen MR) is 114 cm³/mol. The molecule has 0 spiro atoms. The molecule has 2 aromatic rings. The van der Waals surface area contributed by atoms with Gasteiger partial charge in [-0.1, -0.05) is 24.3 Å². The van der Waals surface area contributed by atoms with Gasteiger partial charge in [0, 0.05) is 50.0 Å². The van der Waals surface area contributed by atoms with Crippen molar-refractivity contribution < 1.29 is 22.8 Å². The van der Waals surface area contributed by atoms with Crippen molar-refractivity contribution in [2.75, 3.05) is 31.1 Å². The number of nitrogens with zero attached hydrogens (tertiary/aromatic N) is 2. The Kier molecular flexibility index (Phi) is 6.36. The molecule has 2 aromatic carbocycles. The highest BCUT2D eigenvalue weighted by atomic mass is 19.4. The average molecular weight is 446 g/mol. The Morgan fingerprint density at radius 1 is 1.06 bits per heavy atom. The van der Waals surface area contributed by atoms with E-state index in [1.165, 1.54) is 12.1 Å². The Bertz CT molecular complexity index is 987. The minimum absolute atomic E-state index is 0.000925. The van der Waals surface area contributed by atoms with Crippen LogP contribution in [0.25, 0.3) is 0 Å². The molecule has 0 radical (unpaired) electrons. The number of alkyl halides is 3. The molecule has 9 heteroatoms. The lowest BCUT2D eigenvalue weighted by Gasteiger charge is -2.32. The van der Waals surface area contributed by atoms with Crippen molar-refractivity contribution in [2.24, 2.45) is 0 Å². The van der Waals surface area contributed by atoms with Crippen LogP contribution in [-0.4, -0.2) is 49.1 Å². The van der Waals surface area contributed by atoms with Gasteiger partial charge in [0.1, 0.15) is 0 Å². The van der Waals surface area contributed by atoms with Gasteiger partial charge in [-0.3, -0.25) is 14.6 Å². The molecule has 32 heavy (non-hydrogen) atoms. The van der Waals surface area contributed by atoms with Crippen molar-refractivity contribution in [3.63, 3.8) is 0 Å². The van der Waals surface area contributed by atoms with Crippen molar-refractivity contribution >= 4 is 17.6 Å². The maximum Gasteiger partial charge on any atom is 0.416 e. The Hall–Kier alpha value is -3.07. The van der Waals surface area contributed by atoms with E-state index >= 15 is 0 Å². The van der Waals surface area contributed by atoms with E-state index in [2.05, 4.69) is 15.5 Å². The fourth-order valence-corrected chi connectivity index (χ4v) is 4.14. The van der Waals surface area contributed by atoms with Crippen LogP contribution in [0.3, 0.4) is 0 Å². The highest BCUT2D eigenvalue weighted by Gasteiger charge is 2.30. The topological polar surface area (TPSA) is 64.7 Å². The molecule has 2 N–H and O–H groups in total. The SMILES string of the molecule is O=C(NC1CCN(Cc2cccc(C(F)(F)F)c2)CC1)c1cccc(N2CCNC2=O)c1. The summed E-state index contributed by atoms with van der Waals surface area (Å²) in [5, 5.41) is 5.78. The van der Waals surface area contributed by atoms with Crippen molar-refractivity contribution in [3.8, 4) is 0 Å². The molecule has 0 bridgehead atoms. The van der Waals surface area contributed by atoms with Crippen molar-refractivity contribution in [1.82, 2.24) is 15.5 Å². The quantitative estimate of drug-likeness (QED) is 0.737. The third-order valence-electron chi connectivity index (χ3n) is 5.86. The highest BCUT2D eigenvalue weighted by molar-refractivity contribution is 5.98. The van der Waals surface area contributed by atoms with Crippen LogP contribution in [0.2, 0.25) is 0 Å². The number of hydrogen-bond acceptors (Lipinski definition) is 3. The van der Waals surface area contributed by atoms with Gasteiger partial charge < -0.3 is 10.6 Å². The number of hydrogen-bond donors (Lipinski definition) is 2. The average Bonchev–Trinajstić information content (AvgIpc) is 3.21. The van der Waals surface area contributed by atoms with E-state index in [0.717, 1.165) is 18.9 Å². The van der Waals surface area contributed by atoms with Crippen molar-refractivity contribution in [3.05, 3.63) is 65.2 Å². The number of carbonyl (C=O) groups excluding carboxylic acids is 2. The van der Waals surface area contributed by atoms with Gasteiger partial charge in [-0.05, 0) is 42.7 Å². The second kappa shape index (κ2) is 9.20. The molecule has 0 saturated carbocycles. The Morgan fingerprint density at radius 2 is 1.81 bits per heavy atom.